The van der Waals surface area contributed by atoms with Crippen LogP contribution in [0.2, 0.25) is 0 Å². The molecule has 0 aliphatic carbocycles. The molecule has 3 nitrogen and oxygen atoms in total. The summed E-state index contributed by atoms with van der Waals surface area (Å²) in [5.74, 6) is -0.347. The molecule has 0 aromatic carbocycles. The topological polar surface area (TPSA) is 42.1 Å². The van der Waals surface area contributed by atoms with E-state index in [2.05, 4.69) is 18.1 Å². The molecule has 0 fully saturated rings. The summed E-state index contributed by atoms with van der Waals surface area (Å²) in [4.78, 5) is 14.2. The quantitative estimate of drug-likeness (QED) is 0.664. The number of nitrogens with one attached hydrogen (secondary N) is 1. The van der Waals surface area contributed by atoms with E-state index in [0.29, 0.717) is 17.6 Å². The molecule has 0 spiro atoms. The Kier molecular flexibility index (Phi) is 2.56. The summed E-state index contributed by atoms with van der Waals surface area (Å²) in [5.41, 5.74) is 1.26. The molecule has 1 aromatic rings. The van der Waals surface area contributed by atoms with Crippen molar-refractivity contribution in [1.82, 2.24) is 4.98 Å². The summed E-state index contributed by atoms with van der Waals surface area (Å²) in [7, 11) is 0. The maximum Gasteiger partial charge on any atom is 0.355 e. The predicted octanol–water partition coefficient (Wildman–Crippen LogP) is 0.320. The van der Waals surface area contributed by atoms with Crippen LogP contribution in [0.1, 0.15) is 23.0 Å². The van der Waals surface area contributed by atoms with Crippen LogP contribution in [0.25, 0.3) is 13.2 Å². The van der Waals surface area contributed by atoms with E-state index in [4.69, 9.17) is 4.74 Å². The van der Waals surface area contributed by atoms with Gasteiger partial charge in [0.25, 0.3) is 0 Å². The first-order valence-electron chi connectivity index (χ1n) is 4.11. The number of hydrogen-bond donors (Lipinski definition) is 1. The van der Waals surface area contributed by atoms with Crippen molar-refractivity contribution in [1.29, 1.82) is 0 Å². The summed E-state index contributed by atoms with van der Waals surface area (Å²) in [6.07, 6.45) is 0. The van der Waals surface area contributed by atoms with E-state index < -0.39 is 0 Å². The number of aromatic nitrogens is 1. The summed E-state index contributed by atoms with van der Waals surface area (Å²) in [5, 5.41) is 1.43. The smallest absolute Gasteiger partial charge is 0.355 e. The lowest BCUT2D eigenvalue weighted by Crippen LogP contribution is -2.19. The van der Waals surface area contributed by atoms with Crippen molar-refractivity contribution in [2.24, 2.45) is 0 Å². The third-order valence-corrected chi connectivity index (χ3v) is 1.95. The zero-order valence-corrected chi connectivity index (χ0v) is 7.94. The maximum absolute atomic E-state index is 11.3. The number of carbonyl (C=O) groups excluding carboxylic acids is 1. The Morgan fingerprint density at radius 1 is 1.54 bits per heavy atom. The van der Waals surface area contributed by atoms with E-state index in [-0.39, 0.29) is 5.97 Å². The number of hydrogen-bond acceptors (Lipinski definition) is 2. The molecule has 0 radical (unpaired) electrons. The molecule has 0 aliphatic rings. The zero-order valence-electron chi connectivity index (χ0n) is 7.94. The van der Waals surface area contributed by atoms with Crippen molar-refractivity contribution in [2.45, 2.75) is 13.8 Å². The van der Waals surface area contributed by atoms with E-state index in [9.17, 15) is 4.79 Å². The summed E-state index contributed by atoms with van der Waals surface area (Å²) >= 11 is 0. The lowest BCUT2D eigenvalue weighted by Gasteiger charge is -1.99. The van der Waals surface area contributed by atoms with Gasteiger partial charge in [-0.2, -0.15) is 0 Å². The molecular formula is C10H13NO2. The molecule has 1 N–H and O–H groups in total. The standard InChI is InChI=1S/C10H13NO2/c1-5-13-10(12)9-7(3)6(2)8(4)11-9/h11H,2,4-5H2,1,3H3. The molecule has 0 unspecified atom stereocenters. The van der Waals surface area contributed by atoms with Crippen LogP contribution >= 0.6 is 0 Å². The fraction of sp³-hybridized carbons (Fsp3) is 0.300. The second-order valence-corrected chi connectivity index (χ2v) is 2.80. The van der Waals surface area contributed by atoms with Crippen molar-refractivity contribution in [2.75, 3.05) is 6.61 Å². The monoisotopic (exact) mass is 179 g/mol. The van der Waals surface area contributed by atoms with Crippen LogP contribution in [-0.2, 0) is 4.74 Å². The van der Waals surface area contributed by atoms with Gasteiger partial charge in [-0.25, -0.2) is 4.79 Å². The van der Waals surface area contributed by atoms with Gasteiger partial charge in [0.05, 0.1) is 6.61 Å². The largest absolute Gasteiger partial charge is 0.461 e. The Morgan fingerprint density at radius 2 is 2.15 bits per heavy atom. The molecule has 0 bridgehead atoms. The Hall–Kier alpha value is -1.51. The minimum atomic E-state index is -0.347. The highest BCUT2D eigenvalue weighted by atomic mass is 16.5. The summed E-state index contributed by atoms with van der Waals surface area (Å²) in [6, 6.07) is 0. The van der Waals surface area contributed by atoms with Gasteiger partial charge in [0.1, 0.15) is 5.69 Å². The Morgan fingerprint density at radius 3 is 2.54 bits per heavy atom. The molecule has 0 amide bonds. The third kappa shape index (κ3) is 1.64. The maximum atomic E-state index is 11.3. The second-order valence-electron chi connectivity index (χ2n) is 2.80. The predicted molar refractivity (Wildman–Crippen MR) is 51.8 cm³/mol. The van der Waals surface area contributed by atoms with Crippen molar-refractivity contribution < 1.29 is 9.53 Å². The summed E-state index contributed by atoms with van der Waals surface area (Å²) in [6.45, 7) is 11.5. The van der Waals surface area contributed by atoms with Gasteiger partial charge in [-0.05, 0) is 24.6 Å². The number of rotatable bonds is 2. The molecule has 1 aromatic heterocycles. The normalized spacial score (nSPS) is 10.0. The lowest BCUT2D eigenvalue weighted by molar-refractivity contribution is 0.0519. The molecule has 0 aliphatic heterocycles. The SMILES string of the molecule is C=c1[nH]c(C(=O)OCC)c(C)c1=C. The molecule has 0 saturated heterocycles. The van der Waals surface area contributed by atoms with Crippen LogP contribution in [0.4, 0.5) is 0 Å². The molecule has 1 rings (SSSR count). The van der Waals surface area contributed by atoms with Gasteiger partial charge in [0.15, 0.2) is 0 Å². The van der Waals surface area contributed by atoms with Gasteiger partial charge >= 0.3 is 5.97 Å². The Balaban J connectivity index is 3.17. The molecule has 0 atom stereocenters. The number of carbonyl (C=O) groups is 1. The average Bonchev–Trinajstić information content (AvgIpc) is 2.33. The van der Waals surface area contributed by atoms with E-state index in [1.54, 1.807) is 6.92 Å². The van der Waals surface area contributed by atoms with Gasteiger partial charge in [0.2, 0.25) is 0 Å². The second kappa shape index (κ2) is 3.47. The highest BCUT2D eigenvalue weighted by Gasteiger charge is 2.11. The van der Waals surface area contributed by atoms with Crippen molar-refractivity contribution >= 4 is 19.1 Å². The first kappa shape index (κ1) is 9.58. The zero-order chi connectivity index (χ0) is 10.0. The molecule has 1 heterocycles. The highest BCUT2D eigenvalue weighted by Crippen LogP contribution is 1.98. The summed E-state index contributed by atoms with van der Waals surface area (Å²) < 4.78 is 4.85. The minimum absolute atomic E-state index is 0.347. The van der Waals surface area contributed by atoms with Crippen LogP contribution < -0.4 is 10.6 Å². The number of H-pyrrole nitrogens is 1. The van der Waals surface area contributed by atoms with Crippen LogP contribution in [-0.4, -0.2) is 17.6 Å². The fourth-order valence-corrected chi connectivity index (χ4v) is 1.10. The van der Waals surface area contributed by atoms with Crippen molar-refractivity contribution in [3.63, 3.8) is 0 Å². The van der Waals surface area contributed by atoms with Gasteiger partial charge < -0.3 is 9.72 Å². The van der Waals surface area contributed by atoms with Gasteiger partial charge in [-0.1, -0.05) is 13.2 Å². The molecule has 3 heteroatoms. The van der Waals surface area contributed by atoms with E-state index in [1.807, 2.05) is 6.92 Å². The number of aromatic amines is 1. The Bertz CT molecular complexity index is 417. The lowest BCUT2D eigenvalue weighted by atomic mass is 10.2. The van der Waals surface area contributed by atoms with Gasteiger partial charge in [-0.15, -0.1) is 0 Å². The van der Waals surface area contributed by atoms with Crippen LogP contribution in [0, 0.1) is 6.92 Å². The Labute approximate surface area is 76.7 Å². The van der Waals surface area contributed by atoms with E-state index >= 15 is 0 Å². The average molecular weight is 179 g/mol. The van der Waals surface area contributed by atoms with E-state index in [1.165, 1.54) is 0 Å². The molecular weight excluding hydrogens is 166 g/mol. The van der Waals surface area contributed by atoms with Gasteiger partial charge in [0, 0.05) is 5.35 Å². The number of esters is 1. The highest BCUT2D eigenvalue weighted by molar-refractivity contribution is 5.89. The molecule has 13 heavy (non-hydrogen) atoms. The van der Waals surface area contributed by atoms with Crippen LogP contribution in [0.15, 0.2) is 0 Å². The minimum Gasteiger partial charge on any atom is -0.461 e. The molecule has 70 valence electrons. The van der Waals surface area contributed by atoms with Crippen molar-refractivity contribution in [3.05, 3.63) is 21.8 Å². The van der Waals surface area contributed by atoms with E-state index in [0.717, 1.165) is 10.8 Å². The first-order valence-corrected chi connectivity index (χ1v) is 4.11. The van der Waals surface area contributed by atoms with Crippen molar-refractivity contribution in [3.8, 4) is 0 Å². The van der Waals surface area contributed by atoms with Gasteiger partial charge in [-0.3, -0.25) is 0 Å². The number of ether oxygens (including phenoxy) is 1. The fourth-order valence-electron chi connectivity index (χ4n) is 1.10. The third-order valence-electron chi connectivity index (χ3n) is 1.95. The van der Waals surface area contributed by atoms with Crippen LogP contribution in [0.5, 0.6) is 0 Å². The molecule has 0 saturated carbocycles. The van der Waals surface area contributed by atoms with Crippen LogP contribution in [0.3, 0.4) is 0 Å². The first-order chi connectivity index (χ1) is 6.07.